The van der Waals surface area contributed by atoms with Gasteiger partial charge in [0.15, 0.2) is 5.58 Å². The van der Waals surface area contributed by atoms with E-state index >= 15 is 0 Å². The van der Waals surface area contributed by atoms with Crippen molar-refractivity contribution in [1.82, 2.24) is 9.55 Å². The predicted molar refractivity (Wildman–Crippen MR) is 174 cm³/mol. The highest BCUT2D eigenvalue weighted by molar-refractivity contribution is 7.26. The van der Waals surface area contributed by atoms with Crippen LogP contribution >= 0.6 is 11.3 Å². The molecule has 0 spiro atoms. The molecule has 0 amide bonds. The van der Waals surface area contributed by atoms with Gasteiger partial charge in [0, 0.05) is 31.6 Å². The topological polar surface area (TPSA) is 44.1 Å². The van der Waals surface area contributed by atoms with Crippen molar-refractivity contribution in [2.45, 2.75) is 0 Å². The van der Waals surface area contributed by atoms with E-state index in [4.69, 9.17) is 13.8 Å². The molecule has 0 N–H and O–H groups in total. The Morgan fingerprint density at radius 3 is 2.00 bits per heavy atom. The van der Waals surface area contributed by atoms with E-state index in [1.807, 2.05) is 30.3 Å². The maximum absolute atomic E-state index is 6.50. The monoisotopic (exact) mass is 556 g/mol. The molecule has 0 unspecified atom stereocenters. The van der Waals surface area contributed by atoms with Crippen LogP contribution < -0.4 is 0 Å². The summed E-state index contributed by atoms with van der Waals surface area (Å²) in [5.41, 5.74) is 7.79. The number of para-hydroxylation sites is 3. The van der Waals surface area contributed by atoms with E-state index in [1.54, 1.807) is 11.3 Å². The van der Waals surface area contributed by atoms with Gasteiger partial charge < -0.3 is 13.4 Å². The van der Waals surface area contributed by atoms with E-state index in [0.717, 1.165) is 49.0 Å². The third-order valence-corrected chi connectivity index (χ3v) is 9.66. The molecule has 10 rings (SSSR count). The Kier molecular flexibility index (Phi) is 4.30. The van der Waals surface area contributed by atoms with Crippen molar-refractivity contribution in [1.29, 1.82) is 0 Å². The molecule has 0 fully saturated rings. The van der Waals surface area contributed by atoms with Gasteiger partial charge in [-0.3, -0.25) is 0 Å². The standard InChI is InChI=1S/C37H20N2O2S/c1-5-13-26-21(9-1)22-10-2-6-14-27(22)39(26)28-18-17-25(36-33(28)24-12-4-8-16-32(24)42-36)37-38-35-31(41-37)20-19-30-34(35)23-11-3-7-15-29(23)40-30/h1-20H. The first-order chi connectivity index (χ1) is 20.8. The summed E-state index contributed by atoms with van der Waals surface area (Å²) in [5, 5.41) is 6.98. The highest BCUT2D eigenvalue weighted by Crippen LogP contribution is 2.45. The normalized spacial score (nSPS) is 12.3. The highest BCUT2D eigenvalue weighted by atomic mass is 32.1. The van der Waals surface area contributed by atoms with Gasteiger partial charge in [0.2, 0.25) is 5.89 Å². The van der Waals surface area contributed by atoms with Gasteiger partial charge >= 0.3 is 0 Å². The molecule has 10 aromatic rings. The summed E-state index contributed by atoms with van der Waals surface area (Å²) in [6.07, 6.45) is 0. The zero-order chi connectivity index (χ0) is 27.4. The van der Waals surface area contributed by atoms with Crippen molar-refractivity contribution in [2.24, 2.45) is 0 Å². The number of hydrogen-bond acceptors (Lipinski definition) is 4. The van der Waals surface area contributed by atoms with Crippen LogP contribution in [0.15, 0.2) is 130 Å². The van der Waals surface area contributed by atoms with Crippen molar-refractivity contribution in [2.75, 3.05) is 0 Å². The van der Waals surface area contributed by atoms with Crippen molar-refractivity contribution in [3.63, 3.8) is 0 Å². The molecular weight excluding hydrogens is 536 g/mol. The fourth-order valence-corrected chi connectivity index (χ4v) is 7.89. The van der Waals surface area contributed by atoms with Crippen LogP contribution in [0.2, 0.25) is 0 Å². The average molecular weight is 557 g/mol. The van der Waals surface area contributed by atoms with Gasteiger partial charge in [-0.1, -0.05) is 72.8 Å². The quantitative estimate of drug-likeness (QED) is 0.213. The van der Waals surface area contributed by atoms with E-state index in [1.165, 1.54) is 37.3 Å². The van der Waals surface area contributed by atoms with E-state index in [2.05, 4.69) is 95.6 Å². The molecule has 0 aliphatic rings. The van der Waals surface area contributed by atoms with Gasteiger partial charge in [0.1, 0.15) is 16.7 Å². The number of hydrogen-bond donors (Lipinski definition) is 0. The Bertz CT molecular complexity index is 2650. The Balaban J connectivity index is 1.31. The summed E-state index contributed by atoms with van der Waals surface area (Å²) in [6.45, 7) is 0. The third kappa shape index (κ3) is 2.88. The smallest absolute Gasteiger partial charge is 0.228 e. The first kappa shape index (κ1) is 22.3. The lowest BCUT2D eigenvalue weighted by atomic mass is 10.1. The molecule has 4 nitrogen and oxygen atoms in total. The SMILES string of the molecule is c1ccc2c(c1)oc1ccc3oc(-c4ccc(-n5c6ccccc6c6ccccc65)c5c4sc4ccccc45)nc3c12. The molecule has 0 radical (unpaired) electrons. The second-order valence-electron chi connectivity index (χ2n) is 10.7. The molecule has 0 bridgehead atoms. The van der Waals surface area contributed by atoms with Crippen LogP contribution in [-0.2, 0) is 0 Å². The number of oxazole rings is 1. The van der Waals surface area contributed by atoms with Gasteiger partial charge in [-0.15, -0.1) is 11.3 Å². The summed E-state index contributed by atoms with van der Waals surface area (Å²) in [6, 6.07) is 42.4. The molecule has 0 saturated carbocycles. The van der Waals surface area contributed by atoms with Crippen molar-refractivity contribution >= 4 is 86.4 Å². The van der Waals surface area contributed by atoms with Crippen LogP contribution in [0.1, 0.15) is 0 Å². The minimum atomic E-state index is 0.619. The van der Waals surface area contributed by atoms with Crippen LogP contribution in [0.3, 0.4) is 0 Å². The maximum atomic E-state index is 6.50. The van der Waals surface area contributed by atoms with Crippen LogP contribution in [-0.4, -0.2) is 9.55 Å². The number of rotatable bonds is 2. The average Bonchev–Trinajstić information content (AvgIpc) is 3.80. The Morgan fingerprint density at radius 1 is 0.524 bits per heavy atom. The first-order valence-electron chi connectivity index (χ1n) is 14.0. The summed E-state index contributed by atoms with van der Waals surface area (Å²) in [4.78, 5) is 5.12. The molecule has 196 valence electrons. The molecule has 0 saturated heterocycles. The lowest BCUT2D eigenvalue weighted by Gasteiger charge is -2.11. The van der Waals surface area contributed by atoms with Gasteiger partial charge in [-0.2, -0.15) is 0 Å². The van der Waals surface area contributed by atoms with Crippen molar-refractivity contribution in [3.8, 4) is 17.1 Å². The molecule has 4 aromatic heterocycles. The molecule has 0 aliphatic carbocycles. The van der Waals surface area contributed by atoms with Crippen LogP contribution in [0.4, 0.5) is 0 Å². The minimum Gasteiger partial charge on any atom is -0.456 e. The fourth-order valence-electron chi connectivity index (χ4n) is 6.66. The van der Waals surface area contributed by atoms with E-state index in [0.29, 0.717) is 5.89 Å². The largest absolute Gasteiger partial charge is 0.456 e. The Hall–Kier alpha value is -5.39. The predicted octanol–water partition coefficient (Wildman–Crippen LogP) is 10.9. The Morgan fingerprint density at radius 2 is 1.19 bits per heavy atom. The van der Waals surface area contributed by atoms with Gasteiger partial charge in [-0.25, -0.2) is 4.98 Å². The number of thiophene rings is 1. The molecule has 42 heavy (non-hydrogen) atoms. The summed E-state index contributed by atoms with van der Waals surface area (Å²) < 4.78 is 17.4. The molecular formula is C37H20N2O2S. The van der Waals surface area contributed by atoms with Crippen molar-refractivity contribution < 1.29 is 8.83 Å². The van der Waals surface area contributed by atoms with E-state index < -0.39 is 0 Å². The lowest BCUT2D eigenvalue weighted by Crippen LogP contribution is -1.95. The van der Waals surface area contributed by atoms with Gasteiger partial charge in [-0.05, 0) is 48.5 Å². The molecule has 0 aliphatic heterocycles. The zero-order valence-electron chi connectivity index (χ0n) is 22.2. The number of fused-ring (bicyclic) bond motifs is 11. The number of aromatic nitrogens is 2. The molecule has 0 atom stereocenters. The number of nitrogens with zero attached hydrogens (tertiary/aromatic N) is 2. The zero-order valence-corrected chi connectivity index (χ0v) is 23.0. The van der Waals surface area contributed by atoms with E-state index in [9.17, 15) is 0 Å². The summed E-state index contributed by atoms with van der Waals surface area (Å²) in [5.74, 6) is 0.619. The highest BCUT2D eigenvalue weighted by Gasteiger charge is 2.22. The van der Waals surface area contributed by atoms with Crippen LogP contribution in [0.5, 0.6) is 0 Å². The second-order valence-corrected chi connectivity index (χ2v) is 11.8. The number of furan rings is 1. The van der Waals surface area contributed by atoms with Crippen LogP contribution in [0.25, 0.3) is 92.2 Å². The lowest BCUT2D eigenvalue weighted by molar-refractivity contribution is 0.620. The molecule has 5 heteroatoms. The summed E-state index contributed by atoms with van der Waals surface area (Å²) >= 11 is 1.79. The van der Waals surface area contributed by atoms with Gasteiger partial charge in [0.25, 0.3) is 0 Å². The van der Waals surface area contributed by atoms with Gasteiger partial charge in [0.05, 0.1) is 32.4 Å². The first-order valence-corrected chi connectivity index (χ1v) is 14.8. The maximum Gasteiger partial charge on any atom is 0.228 e. The summed E-state index contributed by atoms with van der Waals surface area (Å²) in [7, 11) is 0. The second kappa shape index (κ2) is 8.09. The Labute approximate surface area is 242 Å². The minimum absolute atomic E-state index is 0.619. The molecule has 4 heterocycles. The number of benzene rings is 6. The fraction of sp³-hybridized carbons (Fsp3) is 0. The third-order valence-electron chi connectivity index (χ3n) is 8.45. The molecule has 6 aromatic carbocycles. The van der Waals surface area contributed by atoms with Crippen molar-refractivity contribution in [3.05, 3.63) is 121 Å². The van der Waals surface area contributed by atoms with Crippen LogP contribution in [0, 0.1) is 0 Å². The van der Waals surface area contributed by atoms with E-state index in [-0.39, 0.29) is 0 Å².